The Morgan fingerprint density at radius 3 is 2.67 bits per heavy atom. The molecule has 33 heavy (non-hydrogen) atoms. The Morgan fingerprint density at radius 2 is 1.91 bits per heavy atom. The summed E-state index contributed by atoms with van der Waals surface area (Å²) in [5, 5.41) is 33.0. The normalized spacial score (nSPS) is 25.9. The highest BCUT2D eigenvalue weighted by Gasteiger charge is 2.29. The third-order valence-electron chi connectivity index (χ3n) is 6.74. The van der Waals surface area contributed by atoms with Crippen LogP contribution < -0.4 is 10.6 Å². The van der Waals surface area contributed by atoms with Gasteiger partial charge in [-0.2, -0.15) is 4.98 Å². The third-order valence-corrected chi connectivity index (χ3v) is 8.52. The first-order valence-corrected chi connectivity index (χ1v) is 13.3. The Labute approximate surface area is 202 Å². The molecule has 3 aromatic rings. The summed E-state index contributed by atoms with van der Waals surface area (Å²) in [6.07, 6.45) is 2.84. The molecule has 1 saturated heterocycles. The molecule has 10 heteroatoms. The van der Waals surface area contributed by atoms with Gasteiger partial charge in [-0.25, -0.2) is 4.98 Å². The number of aliphatic hydroxyl groups is 2. The quantitative estimate of drug-likeness (QED) is 0.416. The Balaban J connectivity index is 1.30. The van der Waals surface area contributed by atoms with E-state index < -0.39 is 11.8 Å². The van der Waals surface area contributed by atoms with Gasteiger partial charge in [0.2, 0.25) is 5.95 Å². The van der Waals surface area contributed by atoms with Crippen molar-refractivity contribution >= 4 is 49.7 Å². The molecule has 1 unspecified atom stereocenters. The standard InChI is InChI=1S/C23H32N6O2S2/c1-23(31)6-3-16(4-7-23)24-20-19-17(5-12-32-19)25-22(27-20)26-18-13-15(14-33-18)21(30)29-10-8-28(2)9-11-29/h5,12-14,16,21,30-31H,3-4,6-11H2,1-2H3,(H2,24,25,26,27). The van der Waals surface area contributed by atoms with Crippen LogP contribution in [0.25, 0.3) is 10.2 Å². The first kappa shape index (κ1) is 22.9. The van der Waals surface area contributed by atoms with Crippen molar-refractivity contribution in [1.29, 1.82) is 0 Å². The van der Waals surface area contributed by atoms with Gasteiger partial charge < -0.3 is 25.7 Å². The average molecular weight is 489 g/mol. The van der Waals surface area contributed by atoms with Crippen molar-refractivity contribution in [2.75, 3.05) is 43.9 Å². The van der Waals surface area contributed by atoms with Crippen LogP contribution in [0.2, 0.25) is 0 Å². The fourth-order valence-electron chi connectivity index (χ4n) is 4.53. The van der Waals surface area contributed by atoms with Gasteiger partial charge in [0.1, 0.15) is 12.0 Å². The monoisotopic (exact) mass is 488 g/mol. The summed E-state index contributed by atoms with van der Waals surface area (Å²) in [7, 11) is 2.11. The van der Waals surface area contributed by atoms with Crippen LogP contribution in [0.15, 0.2) is 22.9 Å². The zero-order valence-electron chi connectivity index (χ0n) is 19.1. The van der Waals surface area contributed by atoms with Crippen molar-refractivity contribution in [3.05, 3.63) is 28.5 Å². The summed E-state index contributed by atoms with van der Waals surface area (Å²) in [6, 6.07) is 4.30. The topological polar surface area (TPSA) is 96.8 Å². The molecule has 178 valence electrons. The van der Waals surface area contributed by atoms with Gasteiger partial charge >= 0.3 is 0 Å². The van der Waals surface area contributed by atoms with Gasteiger partial charge in [0.25, 0.3) is 0 Å². The lowest BCUT2D eigenvalue weighted by atomic mass is 9.84. The first-order chi connectivity index (χ1) is 15.9. The largest absolute Gasteiger partial charge is 0.390 e. The summed E-state index contributed by atoms with van der Waals surface area (Å²) in [5.74, 6) is 1.40. The van der Waals surface area contributed by atoms with Gasteiger partial charge in [-0.15, -0.1) is 22.7 Å². The van der Waals surface area contributed by atoms with E-state index in [2.05, 4.69) is 27.5 Å². The molecular formula is C23H32N6O2S2. The molecule has 1 aliphatic carbocycles. The zero-order chi connectivity index (χ0) is 23.0. The van der Waals surface area contributed by atoms with Gasteiger partial charge in [0.15, 0.2) is 0 Å². The molecule has 0 amide bonds. The molecule has 5 rings (SSSR count). The molecule has 2 fully saturated rings. The van der Waals surface area contributed by atoms with E-state index in [1.807, 2.05) is 29.8 Å². The number of hydrogen-bond donors (Lipinski definition) is 4. The number of fused-ring (bicyclic) bond motifs is 1. The number of rotatable bonds is 6. The lowest BCUT2D eigenvalue weighted by Gasteiger charge is -2.35. The van der Waals surface area contributed by atoms with Gasteiger partial charge in [0, 0.05) is 43.2 Å². The number of hydrogen-bond acceptors (Lipinski definition) is 10. The van der Waals surface area contributed by atoms with E-state index in [0.29, 0.717) is 12.0 Å². The SMILES string of the molecule is CN1CCN(C(O)c2csc(Nc3nc(NC4CCC(C)(O)CC4)c4sccc4n3)c2)CC1. The average Bonchev–Trinajstić information content (AvgIpc) is 3.45. The van der Waals surface area contributed by atoms with Crippen LogP contribution in [0.5, 0.6) is 0 Å². The summed E-state index contributed by atoms with van der Waals surface area (Å²) < 4.78 is 1.05. The maximum Gasteiger partial charge on any atom is 0.230 e. The Hall–Kier alpha value is -1.82. The van der Waals surface area contributed by atoms with Crippen LogP contribution in [0, 0.1) is 0 Å². The van der Waals surface area contributed by atoms with Gasteiger partial charge in [-0.3, -0.25) is 4.90 Å². The van der Waals surface area contributed by atoms with E-state index in [9.17, 15) is 10.2 Å². The summed E-state index contributed by atoms with van der Waals surface area (Å²) in [6.45, 7) is 5.58. The molecule has 1 saturated carbocycles. The van der Waals surface area contributed by atoms with Crippen molar-refractivity contribution in [2.45, 2.75) is 50.5 Å². The minimum absolute atomic E-state index is 0.297. The second-order valence-corrected chi connectivity index (χ2v) is 11.4. The molecule has 0 aromatic carbocycles. The fourth-order valence-corrected chi connectivity index (χ4v) is 6.12. The predicted molar refractivity (Wildman–Crippen MR) is 136 cm³/mol. The number of nitrogens with zero attached hydrogens (tertiary/aromatic N) is 4. The lowest BCUT2D eigenvalue weighted by Crippen LogP contribution is -2.45. The van der Waals surface area contributed by atoms with Gasteiger partial charge in [-0.1, -0.05) is 0 Å². The van der Waals surface area contributed by atoms with Crippen LogP contribution in [-0.2, 0) is 0 Å². The smallest absolute Gasteiger partial charge is 0.230 e. The molecule has 1 aliphatic heterocycles. The number of thiophene rings is 2. The van der Waals surface area contributed by atoms with E-state index in [-0.39, 0.29) is 0 Å². The molecule has 0 bridgehead atoms. The van der Waals surface area contributed by atoms with Crippen LogP contribution in [-0.4, -0.2) is 74.9 Å². The Kier molecular flexibility index (Phi) is 6.56. The highest BCUT2D eigenvalue weighted by atomic mass is 32.1. The molecule has 2 aliphatic rings. The van der Waals surface area contributed by atoms with Crippen LogP contribution in [0.4, 0.5) is 16.8 Å². The number of likely N-dealkylation sites (N-methyl/N-ethyl adjacent to an activating group) is 1. The van der Waals surface area contributed by atoms with Crippen molar-refractivity contribution in [3.8, 4) is 0 Å². The van der Waals surface area contributed by atoms with E-state index in [0.717, 1.165) is 78.5 Å². The molecule has 0 spiro atoms. The number of aromatic nitrogens is 2. The maximum absolute atomic E-state index is 10.8. The maximum atomic E-state index is 10.8. The van der Waals surface area contributed by atoms with E-state index in [1.165, 1.54) is 0 Å². The summed E-state index contributed by atoms with van der Waals surface area (Å²) in [4.78, 5) is 13.9. The van der Waals surface area contributed by atoms with Crippen molar-refractivity contribution in [3.63, 3.8) is 0 Å². The van der Waals surface area contributed by atoms with Crippen LogP contribution >= 0.6 is 22.7 Å². The Bertz CT molecular complexity index is 1080. The van der Waals surface area contributed by atoms with Crippen molar-refractivity contribution < 1.29 is 10.2 Å². The number of piperazine rings is 1. The van der Waals surface area contributed by atoms with Gasteiger partial charge in [-0.05, 0) is 57.2 Å². The number of aliphatic hydroxyl groups excluding tert-OH is 1. The Morgan fingerprint density at radius 1 is 1.15 bits per heavy atom. The van der Waals surface area contributed by atoms with Crippen LogP contribution in [0.3, 0.4) is 0 Å². The lowest BCUT2D eigenvalue weighted by molar-refractivity contribution is -0.0229. The fraction of sp³-hybridized carbons (Fsp3) is 0.565. The summed E-state index contributed by atoms with van der Waals surface area (Å²) in [5.41, 5.74) is 1.26. The molecule has 0 radical (unpaired) electrons. The molecule has 8 nitrogen and oxygen atoms in total. The molecule has 4 N–H and O–H groups in total. The zero-order valence-corrected chi connectivity index (χ0v) is 20.8. The number of nitrogens with one attached hydrogen (secondary N) is 2. The highest BCUT2D eigenvalue weighted by molar-refractivity contribution is 7.17. The second kappa shape index (κ2) is 9.44. The van der Waals surface area contributed by atoms with Crippen molar-refractivity contribution in [1.82, 2.24) is 19.8 Å². The van der Waals surface area contributed by atoms with E-state index in [4.69, 9.17) is 9.97 Å². The minimum Gasteiger partial charge on any atom is -0.390 e. The van der Waals surface area contributed by atoms with Gasteiger partial charge in [0.05, 0.1) is 20.8 Å². The molecule has 1 atom stereocenters. The van der Waals surface area contributed by atoms with Crippen LogP contribution in [0.1, 0.15) is 44.4 Å². The predicted octanol–water partition coefficient (Wildman–Crippen LogP) is 3.84. The molecular weight excluding hydrogens is 456 g/mol. The first-order valence-electron chi connectivity index (χ1n) is 11.6. The number of anilines is 3. The third kappa shape index (κ3) is 5.31. The molecule has 4 heterocycles. The second-order valence-electron chi connectivity index (χ2n) is 9.53. The highest BCUT2D eigenvalue weighted by Crippen LogP contribution is 2.34. The van der Waals surface area contributed by atoms with Crippen molar-refractivity contribution in [2.24, 2.45) is 0 Å². The molecule has 3 aromatic heterocycles. The van der Waals surface area contributed by atoms with E-state index in [1.54, 1.807) is 22.7 Å². The minimum atomic E-state index is -0.591. The van der Waals surface area contributed by atoms with E-state index >= 15 is 0 Å². The summed E-state index contributed by atoms with van der Waals surface area (Å²) >= 11 is 3.19.